The van der Waals surface area contributed by atoms with Gasteiger partial charge in [0.05, 0.1) is 42.1 Å². The van der Waals surface area contributed by atoms with Gasteiger partial charge in [-0.05, 0) is 79.8 Å². The number of hydrogen-bond donors (Lipinski definition) is 0. The van der Waals surface area contributed by atoms with Gasteiger partial charge in [0.15, 0.2) is 5.82 Å². The minimum Gasteiger partial charge on any atom is -0.497 e. The lowest BCUT2D eigenvalue weighted by Crippen LogP contribution is -2.41. The van der Waals surface area contributed by atoms with Gasteiger partial charge in [-0.2, -0.15) is 32.8 Å². The van der Waals surface area contributed by atoms with E-state index in [0.29, 0.717) is 30.9 Å². The van der Waals surface area contributed by atoms with Gasteiger partial charge in [-0.3, -0.25) is 0 Å². The summed E-state index contributed by atoms with van der Waals surface area (Å²) in [6.07, 6.45) is -5.29. The largest absolute Gasteiger partial charge is 0.497 e. The Hall–Kier alpha value is -5.22. The van der Waals surface area contributed by atoms with Crippen molar-refractivity contribution in [1.29, 1.82) is 5.26 Å². The number of halogens is 6. The molecule has 6 rings (SSSR count). The van der Waals surface area contributed by atoms with Crippen LogP contribution >= 0.6 is 11.6 Å². The number of aryl methyl sites for hydroxylation is 1. The number of nitriles is 1. The van der Waals surface area contributed by atoms with Gasteiger partial charge in [0, 0.05) is 37.0 Å². The molecule has 5 aromatic rings. The predicted octanol–water partition coefficient (Wildman–Crippen LogP) is 9.30. The van der Waals surface area contributed by atoms with E-state index in [1.807, 2.05) is 31.2 Å². The molecular weight excluding hydrogens is 703 g/mol. The third-order valence-corrected chi connectivity index (χ3v) is 9.58. The van der Waals surface area contributed by atoms with Crippen molar-refractivity contribution in [3.63, 3.8) is 0 Å². The highest BCUT2D eigenvalue weighted by Crippen LogP contribution is 2.45. The summed E-state index contributed by atoms with van der Waals surface area (Å²) in [5.41, 5.74) is -1.77. The molecule has 1 aliphatic heterocycles. The van der Waals surface area contributed by atoms with Crippen molar-refractivity contribution in [2.24, 2.45) is 5.92 Å². The Labute approximate surface area is 302 Å². The Bertz CT molecular complexity index is 2090. The topological polar surface area (TPSA) is 87.4 Å². The Balaban J connectivity index is 1.52. The van der Waals surface area contributed by atoms with Gasteiger partial charge in [-0.15, -0.1) is 0 Å². The molecule has 2 atom stereocenters. The highest BCUT2D eigenvalue weighted by Gasteiger charge is 2.39. The number of nitrogens with zero attached hydrogens (tertiary/aromatic N) is 6. The van der Waals surface area contributed by atoms with Crippen molar-refractivity contribution in [3.8, 4) is 28.8 Å². The van der Waals surface area contributed by atoms with Crippen LogP contribution in [0.3, 0.4) is 0 Å². The Kier molecular flexibility index (Phi) is 10.4. The lowest BCUT2D eigenvalue weighted by atomic mass is 9.92. The number of rotatable bonds is 9. The molecule has 14 heteroatoms. The molecule has 0 unspecified atom stereocenters. The minimum absolute atomic E-state index is 0.0250. The first-order valence-corrected chi connectivity index (χ1v) is 16.8. The molecule has 52 heavy (non-hydrogen) atoms. The SMILES string of the molecule is COc1ccc(CN(Cc2ccc(OC)cc2)c2cc(C)c(C(F)(F)F)c(-c3c(Cl)cc4c(N5CC[C@@H](C#N)C[C@@H]5C)nc(F)nc4c3F)n2)cc1. The van der Waals surface area contributed by atoms with E-state index in [2.05, 4.69) is 21.0 Å². The minimum atomic E-state index is -4.96. The third kappa shape index (κ3) is 7.39. The zero-order valence-electron chi connectivity index (χ0n) is 28.7. The number of benzene rings is 3. The van der Waals surface area contributed by atoms with Gasteiger partial charge in [0.1, 0.15) is 28.7 Å². The van der Waals surface area contributed by atoms with Gasteiger partial charge in [0.2, 0.25) is 0 Å². The third-order valence-electron chi connectivity index (χ3n) is 9.28. The molecule has 2 aromatic heterocycles. The average molecular weight is 737 g/mol. The van der Waals surface area contributed by atoms with Gasteiger partial charge in [0.25, 0.3) is 0 Å². The van der Waals surface area contributed by atoms with Gasteiger partial charge >= 0.3 is 12.3 Å². The van der Waals surface area contributed by atoms with Crippen LogP contribution in [0.2, 0.25) is 5.02 Å². The second kappa shape index (κ2) is 14.8. The first-order chi connectivity index (χ1) is 24.8. The molecule has 0 saturated carbocycles. The Morgan fingerprint density at radius 1 is 0.942 bits per heavy atom. The second-order valence-corrected chi connectivity index (χ2v) is 13.1. The highest BCUT2D eigenvalue weighted by atomic mass is 35.5. The van der Waals surface area contributed by atoms with E-state index >= 15 is 8.78 Å². The summed E-state index contributed by atoms with van der Waals surface area (Å²) in [6, 6.07) is 18.9. The van der Waals surface area contributed by atoms with Crippen molar-refractivity contribution in [2.75, 3.05) is 30.6 Å². The number of pyridine rings is 1. The molecule has 8 nitrogen and oxygen atoms in total. The first-order valence-electron chi connectivity index (χ1n) is 16.4. The van der Waals surface area contributed by atoms with Crippen LogP contribution in [0.5, 0.6) is 11.5 Å². The smallest absolute Gasteiger partial charge is 0.418 e. The molecule has 0 bridgehead atoms. The van der Waals surface area contributed by atoms with E-state index in [1.54, 1.807) is 48.3 Å². The fraction of sp³-hybridized carbons (Fsp3) is 0.316. The maximum absolute atomic E-state index is 16.8. The van der Waals surface area contributed by atoms with Crippen LogP contribution in [-0.4, -0.2) is 41.8 Å². The van der Waals surface area contributed by atoms with Crippen LogP contribution in [0.4, 0.5) is 33.6 Å². The van der Waals surface area contributed by atoms with E-state index in [9.17, 15) is 18.4 Å². The second-order valence-electron chi connectivity index (χ2n) is 12.7. The van der Waals surface area contributed by atoms with Crippen LogP contribution < -0.4 is 19.3 Å². The summed E-state index contributed by atoms with van der Waals surface area (Å²) < 4.78 is 86.9. The van der Waals surface area contributed by atoms with E-state index in [0.717, 1.165) is 11.1 Å². The number of methoxy groups -OCH3 is 2. The zero-order chi connectivity index (χ0) is 37.3. The first kappa shape index (κ1) is 36.6. The molecule has 0 spiro atoms. The quantitative estimate of drug-likeness (QED) is 0.109. The number of alkyl halides is 3. The van der Waals surface area contributed by atoms with E-state index in [-0.39, 0.29) is 52.7 Å². The number of anilines is 2. The molecule has 3 heterocycles. The molecular formula is C38H34ClF5N6O2. The van der Waals surface area contributed by atoms with Crippen LogP contribution in [0.25, 0.3) is 22.2 Å². The highest BCUT2D eigenvalue weighted by molar-refractivity contribution is 6.34. The molecule has 0 radical (unpaired) electrons. The standard InChI is InChI=1S/C38H34ClF5N6O2/c1-21-15-30(49(19-23-5-9-26(51-3)10-6-23)20-24-7-11-27(52-4)12-8-24)46-35(32(21)38(42,43)44)31-29(39)17-28-34(33(31)40)47-37(41)48-36(28)50-14-13-25(18-45)16-22(50)2/h5-12,15,17,22,25H,13-14,16,19-20H2,1-4H3/t22-,25+/m0/s1. The molecule has 0 N–H and O–H groups in total. The fourth-order valence-corrected chi connectivity index (χ4v) is 6.95. The normalized spacial score (nSPS) is 16.1. The lowest BCUT2D eigenvalue weighted by molar-refractivity contribution is -0.137. The van der Waals surface area contributed by atoms with Crippen LogP contribution in [0.1, 0.15) is 42.0 Å². The number of fused-ring (bicyclic) bond motifs is 1. The summed E-state index contributed by atoms with van der Waals surface area (Å²) in [5.74, 6) is -0.0721. The number of piperidine rings is 1. The summed E-state index contributed by atoms with van der Waals surface area (Å²) in [5, 5.41) is 9.06. The van der Waals surface area contributed by atoms with Crippen LogP contribution in [0, 0.1) is 36.1 Å². The zero-order valence-corrected chi connectivity index (χ0v) is 29.5. The molecule has 1 aliphatic rings. The molecule has 1 fully saturated rings. The molecule has 0 aliphatic carbocycles. The monoisotopic (exact) mass is 736 g/mol. The van der Waals surface area contributed by atoms with E-state index in [4.69, 9.17) is 21.1 Å². The van der Waals surface area contributed by atoms with Crippen molar-refractivity contribution >= 4 is 34.1 Å². The Morgan fingerprint density at radius 3 is 2.06 bits per heavy atom. The molecule has 1 saturated heterocycles. The van der Waals surface area contributed by atoms with Gasteiger partial charge < -0.3 is 19.3 Å². The van der Waals surface area contributed by atoms with Crippen molar-refractivity contribution in [3.05, 3.63) is 99.8 Å². The summed E-state index contributed by atoms with van der Waals surface area (Å²) in [6.45, 7) is 3.85. The van der Waals surface area contributed by atoms with E-state index < -0.39 is 40.4 Å². The molecule has 270 valence electrons. The van der Waals surface area contributed by atoms with Crippen molar-refractivity contribution in [1.82, 2.24) is 15.0 Å². The fourth-order valence-electron chi connectivity index (χ4n) is 6.67. The average Bonchev–Trinajstić information content (AvgIpc) is 3.11. The maximum atomic E-state index is 16.8. The molecule has 0 amide bonds. The summed E-state index contributed by atoms with van der Waals surface area (Å²) >= 11 is 6.70. The predicted molar refractivity (Wildman–Crippen MR) is 188 cm³/mol. The van der Waals surface area contributed by atoms with Crippen LogP contribution in [-0.2, 0) is 19.3 Å². The Morgan fingerprint density at radius 2 is 1.54 bits per heavy atom. The molecule has 3 aromatic carbocycles. The number of ether oxygens (including phenoxy) is 2. The van der Waals surface area contributed by atoms with Crippen LogP contribution in [0.15, 0.2) is 60.7 Å². The van der Waals surface area contributed by atoms with E-state index in [1.165, 1.54) is 19.1 Å². The number of hydrogen-bond acceptors (Lipinski definition) is 8. The maximum Gasteiger partial charge on any atom is 0.418 e. The van der Waals surface area contributed by atoms with Crippen molar-refractivity contribution in [2.45, 2.75) is 52.0 Å². The number of aromatic nitrogens is 3. The van der Waals surface area contributed by atoms with Crippen molar-refractivity contribution < 1.29 is 31.4 Å². The summed E-state index contributed by atoms with van der Waals surface area (Å²) in [4.78, 5) is 15.6. The lowest BCUT2D eigenvalue weighted by Gasteiger charge is -2.37. The van der Waals surface area contributed by atoms with Gasteiger partial charge in [-0.1, -0.05) is 35.9 Å². The van der Waals surface area contributed by atoms with Gasteiger partial charge in [-0.25, -0.2) is 9.37 Å². The summed E-state index contributed by atoms with van der Waals surface area (Å²) in [7, 11) is 3.08.